The Balaban J connectivity index is 3.25. The summed E-state index contributed by atoms with van der Waals surface area (Å²) in [4.78, 5) is 10.6. The van der Waals surface area contributed by atoms with Crippen LogP contribution < -0.4 is 4.74 Å². The number of methoxy groups -OCH3 is 2. The van der Waals surface area contributed by atoms with Crippen molar-refractivity contribution in [3.05, 3.63) is 29.1 Å². The first kappa shape index (κ1) is 13.4. The number of ether oxygens (including phenoxy) is 2. The topological polar surface area (TPSA) is 76.0 Å². The summed E-state index contributed by atoms with van der Waals surface area (Å²) in [6.45, 7) is 0.0334. The van der Waals surface area contributed by atoms with Gasteiger partial charge in [0.15, 0.2) is 17.7 Å². The molecule has 0 saturated carbocycles. The molecule has 0 aliphatic carbocycles. The molecule has 0 aromatic heterocycles. The summed E-state index contributed by atoms with van der Waals surface area (Å²) in [5.41, 5.74) is 0.100. The number of aliphatic hydroxyl groups is 1. The maximum atomic E-state index is 13.8. The van der Waals surface area contributed by atoms with Crippen molar-refractivity contribution in [2.45, 2.75) is 12.7 Å². The molecule has 0 heterocycles. The van der Waals surface area contributed by atoms with Crippen molar-refractivity contribution in [2.75, 3.05) is 14.2 Å². The first-order valence-corrected chi connectivity index (χ1v) is 4.78. The van der Waals surface area contributed by atoms with Gasteiger partial charge in [0.2, 0.25) is 0 Å². The Kier molecular flexibility index (Phi) is 4.42. The molecule has 1 aromatic rings. The van der Waals surface area contributed by atoms with Gasteiger partial charge in [-0.15, -0.1) is 0 Å². The second-order valence-electron chi connectivity index (χ2n) is 3.33. The molecule has 1 unspecified atom stereocenters. The van der Waals surface area contributed by atoms with Crippen molar-refractivity contribution in [2.24, 2.45) is 0 Å². The first-order valence-electron chi connectivity index (χ1n) is 4.78. The van der Waals surface area contributed by atoms with Gasteiger partial charge in [0.25, 0.3) is 0 Å². The van der Waals surface area contributed by atoms with Crippen molar-refractivity contribution in [1.82, 2.24) is 0 Å². The molecule has 2 N–H and O–H groups in total. The van der Waals surface area contributed by atoms with Crippen LogP contribution in [0.1, 0.15) is 17.2 Å². The molecule has 6 heteroatoms. The molecule has 0 amide bonds. The van der Waals surface area contributed by atoms with Crippen molar-refractivity contribution >= 4 is 5.97 Å². The van der Waals surface area contributed by atoms with Gasteiger partial charge in [0.05, 0.1) is 13.7 Å². The van der Waals surface area contributed by atoms with Crippen LogP contribution in [0, 0.1) is 5.82 Å². The summed E-state index contributed by atoms with van der Waals surface area (Å²) in [5, 5.41) is 18.0. The van der Waals surface area contributed by atoms with Crippen LogP contribution in [0.3, 0.4) is 0 Å². The molecule has 0 radical (unpaired) electrons. The van der Waals surface area contributed by atoms with E-state index >= 15 is 0 Å². The van der Waals surface area contributed by atoms with Gasteiger partial charge in [-0.05, 0) is 0 Å². The van der Waals surface area contributed by atoms with E-state index in [1.54, 1.807) is 0 Å². The van der Waals surface area contributed by atoms with E-state index in [2.05, 4.69) is 0 Å². The van der Waals surface area contributed by atoms with E-state index < -0.39 is 17.9 Å². The van der Waals surface area contributed by atoms with Gasteiger partial charge in [0.1, 0.15) is 0 Å². The quantitative estimate of drug-likeness (QED) is 0.811. The fraction of sp³-hybridized carbons (Fsp3) is 0.364. The van der Waals surface area contributed by atoms with E-state index in [1.807, 2.05) is 0 Å². The summed E-state index contributed by atoms with van der Waals surface area (Å²) in [6, 6.07) is 2.65. The lowest BCUT2D eigenvalue weighted by molar-refractivity contribution is -0.147. The van der Waals surface area contributed by atoms with Gasteiger partial charge < -0.3 is 19.7 Å². The van der Waals surface area contributed by atoms with Crippen molar-refractivity contribution in [1.29, 1.82) is 0 Å². The Morgan fingerprint density at radius 1 is 1.47 bits per heavy atom. The van der Waals surface area contributed by atoms with Gasteiger partial charge in [-0.3, -0.25) is 0 Å². The highest BCUT2D eigenvalue weighted by atomic mass is 19.1. The predicted molar refractivity (Wildman–Crippen MR) is 56.3 cm³/mol. The number of rotatable bonds is 5. The molecule has 0 fully saturated rings. The van der Waals surface area contributed by atoms with Crippen molar-refractivity contribution < 1.29 is 28.9 Å². The van der Waals surface area contributed by atoms with Crippen molar-refractivity contribution in [3.8, 4) is 5.75 Å². The van der Waals surface area contributed by atoms with Crippen LogP contribution in [-0.2, 0) is 16.1 Å². The number of halogens is 1. The molecule has 0 saturated heterocycles. The Hall–Kier alpha value is -1.66. The minimum absolute atomic E-state index is 0.0334. The lowest BCUT2D eigenvalue weighted by Crippen LogP contribution is -2.13. The number of carboxylic acid groups (broad SMARTS) is 1. The molecule has 1 aromatic carbocycles. The van der Waals surface area contributed by atoms with Crippen LogP contribution in [0.5, 0.6) is 5.75 Å². The molecule has 0 spiro atoms. The molecule has 0 bridgehead atoms. The third-order valence-electron chi connectivity index (χ3n) is 2.24. The number of carboxylic acids is 1. The number of hydrogen-bond donors (Lipinski definition) is 2. The van der Waals surface area contributed by atoms with Gasteiger partial charge >= 0.3 is 5.97 Å². The average molecular weight is 244 g/mol. The zero-order valence-electron chi connectivity index (χ0n) is 9.44. The van der Waals surface area contributed by atoms with Gasteiger partial charge in [-0.2, -0.15) is 0 Å². The Labute approximate surface area is 97.4 Å². The smallest absolute Gasteiger partial charge is 0.337 e. The number of benzene rings is 1. The Morgan fingerprint density at radius 3 is 2.59 bits per heavy atom. The van der Waals surface area contributed by atoms with Crippen LogP contribution >= 0.6 is 0 Å². The standard InChI is InChI=1S/C11H13FO5/c1-16-5-6-3-4-7(9(13)11(14)15)10(17-2)8(6)12/h3-4,9,13H,5H2,1-2H3,(H,14,15). The third-order valence-corrected chi connectivity index (χ3v) is 2.24. The van der Waals surface area contributed by atoms with E-state index in [-0.39, 0.29) is 23.5 Å². The van der Waals surface area contributed by atoms with E-state index in [9.17, 15) is 14.3 Å². The predicted octanol–water partition coefficient (Wildman–Crippen LogP) is 1.10. The summed E-state index contributed by atoms with van der Waals surface area (Å²) >= 11 is 0. The second kappa shape index (κ2) is 5.60. The first-order chi connectivity index (χ1) is 8.02. The lowest BCUT2D eigenvalue weighted by atomic mass is 10.0. The highest BCUT2D eigenvalue weighted by molar-refractivity contribution is 5.75. The van der Waals surface area contributed by atoms with Crippen LogP contribution in [0.25, 0.3) is 0 Å². The number of carbonyl (C=O) groups is 1. The summed E-state index contributed by atoms with van der Waals surface area (Å²) in [5.74, 6) is -2.48. The minimum atomic E-state index is -1.82. The fourth-order valence-electron chi connectivity index (χ4n) is 1.43. The number of aliphatic carboxylic acids is 1. The Morgan fingerprint density at radius 2 is 2.12 bits per heavy atom. The lowest BCUT2D eigenvalue weighted by Gasteiger charge is -2.14. The average Bonchev–Trinajstić information content (AvgIpc) is 2.30. The van der Waals surface area contributed by atoms with Crippen LogP contribution in [0.2, 0.25) is 0 Å². The summed E-state index contributed by atoms with van der Waals surface area (Å²) < 4.78 is 23.4. The zero-order chi connectivity index (χ0) is 13.0. The molecule has 1 atom stereocenters. The minimum Gasteiger partial charge on any atom is -0.493 e. The van der Waals surface area contributed by atoms with Gasteiger partial charge in [-0.1, -0.05) is 12.1 Å². The van der Waals surface area contributed by atoms with Crippen molar-refractivity contribution in [3.63, 3.8) is 0 Å². The maximum Gasteiger partial charge on any atom is 0.337 e. The summed E-state index contributed by atoms with van der Waals surface area (Å²) in [6.07, 6.45) is -1.82. The van der Waals surface area contributed by atoms with Crippen LogP contribution in [0.4, 0.5) is 4.39 Å². The van der Waals surface area contributed by atoms with Crippen LogP contribution in [0.15, 0.2) is 12.1 Å². The molecule has 5 nitrogen and oxygen atoms in total. The Bertz CT molecular complexity index is 419. The summed E-state index contributed by atoms with van der Waals surface area (Å²) in [7, 11) is 2.61. The molecule has 94 valence electrons. The van der Waals surface area contributed by atoms with E-state index in [4.69, 9.17) is 14.6 Å². The second-order valence-corrected chi connectivity index (χ2v) is 3.33. The largest absolute Gasteiger partial charge is 0.493 e. The highest BCUT2D eigenvalue weighted by Crippen LogP contribution is 2.30. The van der Waals surface area contributed by atoms with Gasteiger partial charge in [-0.25, -0.2) is 9.18 Å². The monoisotopic (exact) mass is 244 g/mol. The molecule has 17 heavy (non-hydrogen) atoms. The molecule has 0 aliphatic heterocycles. The maximum absolute atomic E-state index is 13.8. The highest BCUT2D eigenvalue weighted by Gasteiger charge is 2.24. The van der Waals surface area contributed by atoms with E-state index in [0.717, 1.165) is 0 Å². The van der Waals surface area contributed by atoms with E-state index in [1.165, 1.54) is 26.4 Å². The molecular formula is C11H13FO5. The number of hydrogen-bond acceptors (Lipinski definition) is 4. The molecule has 0 aliphatic rings. The van der Waals surface area contributed by atoms with Gasteiger partial charge in [0, 0.05) is 18.2 Å². The van der Waals surface area contributed by atoms with Crippen LogP contribution in [-0.4, -0.2) is 30.4 Å². The molecular weight excluding hydrogens is 231 g/mol. The number of aliphatic hydroxyl groups excluding tert-OH is 1. The third kappa shape index (κ3) is 2.72. The van der Waals surface area contributed by atoms with E-state index in [0.29, 0.717) is 0 Å². The normalized spacial score (nSPS) is 12.2. The fourth-order valence-corrected chi connectivity index (χ4v) is 1.43. The molecule has 1 rings (SSSR count). The SMILES string of the molecule is COCc1ccc(C(O)C(=O)O)c(OC)c1F. The zero-order valence-corrected chi connectivity index (χ0v) is 9.44.